The van der Waals surface area contributed by atoms with Crippen molar-refractivity contribution in [3.8, 4) is 0 Å². The van der Waals surface area contributed by atoms with E-state index >= 15 is 0 Å². The van der Waals surface area contributed by atoms with Gasteiger partial charge in [-0.05, 0) is 42.7 Å². The molecule has 3 amide bonds. The number of urea groups is 1. The van der Waals surface area contributed by atoms with Crippen LogP contribution in [0.5, 0.6) is 0 Å². The summed E-state index contributed by atoms with van der Waals surface area (Å²) < 4.78 is 5.80. The Morgan fingerprint density at radius 1 is 0.967 bits per heavy atom. The lowest BCUT2D eigenvalue weighted by atomic mass is 10.2. The van der Waals surface area contributed by atoms with Crippen LogP contribution in [0.15, 0.2) is 54.6 Å². The summed E-state index contributed by atoms with van der Waals surface area (Å²) in [5.74, 6) is 0.237. The number of amides is 3. The number of ether oxygens (including phenoxy) is 1. The predicted octanol–water partition coefficient (Wildman–Crippen LogP) is 3.06. The van der Waals surface area contributed by atoms with Crippen molar-refractivity contribution in [2.24, 2.45) is 5.92 Å². The Morgan fingerprint density at radius 2 is 1.67 bits per heavy atom. The van der Waals surface area contributed by atoms with Gasteiger partial charge in [0, 0.05) is 43.5 Å². The van der Waals surface area contributed by atoms with Gasteiger partial charge in [-0.3, -0.25) is 9.69 Å². The number of rotatable bonds is 7. The third kappa shape index (κ3) is 6.05. The van der Waals surface area contributed by atoms with Gasteiger partial charge in [-0.1, -0.05) is 30.3 Å². The van der Waals surface area contributed by atoms with E-state index in [1.54, 1.807) is 24.3 Å². The van der Waals surface area contributed by atoms with Crippen LogP contribution in [-0.2, 0) is 16.1 Å². The van der Waals surface area contributed by atoms with E-state index in [2.05, 4.69) is 33.0 Å². The second-order valence-corrected chi connectivity index (χ2v) is 7.89. The Labute approximate surface area is 176 Å². The van der Waals surface area contributed by atoms with Crippen LogP contribution in [0.4, 0.5) is 16.2 Å². The maximum atomic E-state index is 12.2. The highest BCUT2D eigenvalue weighted by Crippen LogP contribution is 2.30. The number of morpholine rings is 1. The predicted molar refractivity (Wildman–Crippen MR) is 116 cm³/mol. The highest BCUT2D eigenvalue weighted by molar-refractivity contribution is 5.94. The number of carbonyl (C=O) groups excluding carboxylic acids is 2. The fourth-order valence-electron chi connectivity index (χ4n) is 3.50. The van der Waals surface area contributed by atoms with Crippen molar-refractivity contribution in [2.45, 2.75) is 25.5 Å². The molecule has 7 heteroatoms. The summed E-state index contributed by atoms with van der Waals surface area (Å²) in [6.45, 7) is 3.67. The highest BCUT2D eigenvalue weighted by atomic mass is 16.5. The summed E-state index contributed by atoms with van der Waals surface area (Å²) in [7, 11) is 0. The van der Waals surface area contributed by atoms with E-state index in [-0.39, 0.29) is 24.0 Å². The van der Waals surface area contributed by atoms with Gasteiger partial charge >= 0.3 is 6.03 Å². The van der Waals surface area contributed by atoms with E-state index in [0.29, 0.717) is 18.8 Å². The van der Waals surface area contributed by atoms with Gasteiger partial charge in [-0.2, -0.15) is 0 Å². The molecule has 2 fully saturated rings. The summed E-state index contributed by atoms with van der Waals surface area (Å²) in [6.07, 6.45) is 1.91. The zero-order chi connectivity index (χ0) is 20.8. The summed E-state index contributed by atoms with van der Waals surface area (Å²) in [4.78, 5) is 26.4. The van der Waals surface area contributed by atoms with Crippen LogP contribution in [0.25, 0.3) is 0 Å². The minimum absolute atomic E-state index is 0.0341. The zero-order valence-corrected chi connectivity index (χ0v) is 17.0. The fraction of sp³-hybridized carbons (Fsp3) is 0.391. The van der Waals surface area contributed by atoms with Crippen LogP contribution < -0.4 is 16.0 Å². The molecule has 30 heavy (non-hydrogen) atoms. The van der Waals surface area contributed by atoms with E-state index in [4.69, 9.17) is 4.74 Å². The highest BCUT2D eigenvalue weighted by Gasteiger charge is 2.29. The molecule has 2 aromatic carbocycles. The van der Waals surface area contributed by atoms with Crippen molar-refractivity contribution < 1.29 is 14.3 Å². The van der Waals surface area contributed by atoms with Crippen molar-refractivity contribution >= 4 is 23.3 Å². The second kappa shape index (κ2) is 9.73. The van der Waals surface area contributed by atoms with Crippen LogP contribution in [0.3, 0.4) is 0 Å². The Morgan fingerprint density at radius 3 is 2.37 bits per heavy atom. The van der Waals surface area contributed by atoms with Gasteiger partial charge in [0.05, 0.1) is 12.7 Å². The molecule has 1 aliphatic carbocycles. The Balaban J connectivity index is 1.19. The topological polar surface area (TPSA) is 82.7 Å². The van der Waals surface area contributed by atoms with E-state index in [1.165, 1.54) is 5.56 Å². The fourth-order valence-corrected chi connectivity index (χ4v) is 3.50. The van der Waals surface area contributed by atoms with Crippen LogP contribution in [0.1, 0.15) is 18.4 Å². The smallest absolute Gasteiger partial charge is 0.319 e. The first kappa shape index (κ1) is 20.4. The number of nitrogens with zero attached hydrogens (tertiary/aromatic N) is 1. The van der Waals surface area contributed by atoms with E-state index < -0.39 is 0 Å². The zero-order valence-electron chi connectivity index (χ0n) is 17.0. The molecule has 0 bridgehead atoms. The van der Waals surface area contributed by atoms with Crippen LogP contribution in [-0.4, -0.2) is 49.2 Å². The molecular formula is C23H28N4O3. The normalized spacial score (nSPS) is 19.1. The molecule has 2 aromatic rings. The SMILES string of the molecule is O=C(NCC1CN(Cc2ccccc2)CCO1)Nc1ccc(NC(=O)C2CC2)cc1. The van der Waals surface area contributed by atoms with Gasteiger partial charge in [-0.15, -0.1) is 0 Å². The number of nitrogens with one attached hydrogen (secondary N) is 3. The average molecular weight is 409 g/mol. The minimum Gasteiger partial charge on any atom is -0.374 e. The molecular weight excluding hydrogens is 380 g/mol. The third-order valence-electron chi connectivity index (χ3n) is 5.32. The van der Waals surface area contributed by atoms with E-state index in [9.17, 15) is 9.59 Å². The quantitative estimate of drug-likeness (QED) is 0.658. The summed E-state index contributed by atoms with van der Waals surface area (Å²) in [5.41, 5.74) is 2.69. The van der Waals surface area contributed by atoms with Crippen LogP contribution in [0.2, 0.25) is 0 Å². The van der Waals surface area contributed by atoms with Gasteiger partial charge < -0.3 is 20.7 Å². The molecule has 0 aromatic heterocycles. The third-order valence-corrected chi connectivity index (χ3v) is 5.32. The summed E-state index contributed by atoms with van der Waals surface area (Å²) in [6, 6.07) is 17.2. The van der Waals surface area contributed by atoms with Gasteiger partial charge in [0.1, 0.15) is 0 Å². The molecule has 1 heterocycles. The van der Waals surface area contributed by atoms with Crippen molar-refractivity contribution in [1.29, 1.82) is 0 Å². The van der Waals surface area contributed by atoms with Crippen molar-refractivity contribution in [1.82, 2.24) is 10.2 Å². The number of carbonyl (C=O) groups is 2. The second-order valence-electron chi connectivity index (χ2n) is 7.89. The van der Waals surface area contributed by atoms with Gasteiger partial charge in [-0.25, -0.2) is 4.79 Å². The Bertz CT molecular complexity index is 853. The first-order chi connectivity index (χ1) is 14.7. The first-order valence-corrected chi connectivity index (χ1v) is 10.5. The van der Waals surface area contributed by atoms with E-state index in [0.717, 1.165) is 38.2 Å². The monoisotopic (exact) mass is 408 g/mol. The lowest BCUT2D eigenvalue weighted by molar-refractivity contribution is -0.117. The summed E-state index contributed by atoms with van der Waals surface area (Å²) >= 11 is 0. The number of hydrogen-bond acceptors (Lipinski definition) is 4. The number of benzene rings is 2. The largest absolute Gasteiger partial charge is 0.374 e. The molecule has 1 unspecified atom stereocenters. The first-order valence-electron chi connectivity index (χ1n) is 10.5. The molecule has 1 aliphatic heterocycles. The maximum Gasteiger partial charge on any atom is 0.319 e. The lowest BCUT2D eigenvalue weighted by Crippen LogP contribution is -2.47. The molecule has 0 radical (unpaired) electrons. The van der Waals surface area contributed by atoms with E-state index in [1.807, 2.05) is 18.2 Å². The van der Waals surface area contributed by atoms with Gasteiger partial charge in [0.2, 0.25) is 5.91 Å². The van der Waals surface area contributed by atoms with Crippen molar-refractivity contribution in [3.63, 3.8) is 0 Å². The standard InChI is InChI=1S/C23H28N4O3/c28-22(18-6-7-18)25-19-8-10-20(11-9-19)26-23(29)24-14-21-16-27(12-13-30-21)15-17-4-2-1-3-5-17/h1-5,8-11,18,21H,6-7,12-16H2,(H,25,28)(H2,24,26,29). The van der Waals surface area contributed by atoms with Gasteiger partial charge in [0.25, 0.3) is 0 Å². The van der Waals surface area contributed by atoms with Gasteiger partial charge in [0.15, 0.2) is 0 Å². The molecule has 1 saturated carbocycles. The molecule has 3 N–H and O–H groups in total. The van der Waals surface area contributed by atoms with Crippen molar-refractivity contribution in [2.75, 3.05) is 36.9 Å². The molecule has 1 saturated heterocycles. The Kier molecular flexibility index (Phi) is 6.61. The molecule has 0 spiro atoms. The maximum absolute atomic E-state index is 12.2. The van der Waals surface area contributed by atoms with Crippen molar-refractivity contribution in [3.05, 3.63) is 60.2 Å². The number of hydrogen-bond donors (Lipinski definition) is 3. The minimum atomic E-state index is -0.270. The van der Waals surface area contributed by atoms with Crippen LogP contribution >= 0.6 is 0 Å². The van der Waals surface area contributed by atoms with Crippen LogP contribution in [0, 0.1) is 5.92 Å². The lowest BCUT2D eigenvalue weighted by Gasteiger charge is -2.33. The molecule has 7 nitrogen and oxygen atoms in total. The molecule has 1 atom stereocenters. The molecule has 2 aliphatic rings. The summed E-state index contributed by atoms with van der Waals surface area (Å²) in [5, 5.41) is 8.59. The number of anilines is 2. The molecule has 4 rings (SSSR count). The average Bonchev–Trinajstić information content (AvgIpc) is 3.60. The Hall–Kier alpha value is -2.90. The molecule has 158 valence electrons.